The summed E-state index contributed by atoms with van der Waals surface area (Å²) in [5, 5.41) is -1.66. The van der Waals surface area contributed by atoms with E-state index in [0.717, 1.165) is 0 Å². The largest absolute Gasteiger partial charge is 0.120 e. The van der Waals surface area contributed by atoms with E-state index in [2.05, 4.69) is 15.9 Å². The van der Waals surface area contributed by atoms with Crippen molar-refractivity contribution in [2.45, 2.75) is 31.7 Å². The normalized spacial score (nSPS) is 55.5. The third-order valence-electron chi connectivity index (χ3n) is 1.83. The molecule has 0 saturated heterocycles. The monoisotopic (exact) mass is 332 g/mol. The van der Waals surface area contributed by atoms with Crippen molar-refractivity contribution in [3.8, 4) is 0 Å². The Balaban J connectivity index is 2.76. The van der Waals surface area contributed by atoms with Gasteiger partial charge >= 0.3 is 0 Å². The molecule has 6 heteroatoms. The van der Waals surface area contributed by atoms with Gasteiger partial charge in [0.15, 0.2) is 0 Å². The van der Waals surface area contributed by atoms with Crippen molar-refractivity contribution in [1.29, 1.82) is 0 Å². The SMILES string of the molecule is ClC1[C@H](Cl)[C@@H](Cl)C(Br)[C@H](Cl)[C@H]1Cl. The summed E-state index contributed by atoms with van der Waals surface area (Å²) in [6, 6.07) is 0. The number of alkyl halides is 6. The van der Waals surface area contributed by atoms with Crippen LogP contribution in [-0.2, 0) is 0 Å². The predicted octanol–water partition coefficient (Wildman–Crippen LogP) is 3.80. The fourth-order valence-corrected chi connectivity index (χ4v) is 3.93. The fourth-order valence-electron chi connectivity index (χ4n) is 1.05. The van der Waals surface area contributed by atoms with E-state index in [-0.39, 0.29) is 31.7 Å². The van der Waals surface area contributed by atoms with Crippen LogP contribution in [0.3, 0.4) is 0 Å². The molecule has 0 N–H and O–H groups in total. The van der Waals surface area contributed by atoms with E-state index in [1.54, 1.807) is 0 Å². The second-order valence-electron chi connectivity index (χ2n) is 2.67. The molecule has 0 amide bonds. The molecule has 1 fully saturated rings. The van der Waals surface area contributed by atoms with E-state index in [9.17, 15) is 0 Å². The third kappa shape index (κ3) is 2.12. The Kier molecular flexibility index (Phi) is 4.63. The molecule has 0 aliphatic heterocycles. The standard InChI is InChI=1S/C6H6BrCl5/c7-1-2(8)4(10)6(12)5(11)3(1)9/h1-6H/t1?,2-,3-,4+,5+,6?/m0/s1. The summed E-state index contributed by atoms with van der Waals surface area (Å²) in [6.45, 7) is 0. The van der Waals surface area contributed by atoms with E-state index < -0.39 is 0 Å². The van der Waals surface area contributed by atoms with Crippen LogP contribution in [0.25, 0.3) is 0 Å². The van der Waals surface area contributed by atoms with Gasteiger partial charge in [0.1, 0.15) is 0 Å². The maximum Gasteiger partial charge on any atom is 0.0692 e. The molecule has 0 nitrogen and oxygen atoms in total. The van der Waals surface area contributed by atoms with Crippen LogP contribution < -0.4 is 0 Å². The fraction of sp³-hybridized carbons (Fsp3) is 1.00. The van der Waals surface area contributed by atoms with Crippen LogP contribution in [0.15, 0.2) is 0 Å². The van der Waals surface area contributed by atoms with Gasteiger partial charge in [0.25, 0.3) is 0 Å². The summed E-state index contributed by atoms with van der Waals surface area (Å²) in [5.41, 5.74) is 0. The molecular formula is C6H6BrCl5. The van der Waals surface area contributed by atoms with Crippen molar-refractivity contribution in [1.82, 2.24) is 0 Å². The van der Waals surface area contributed by atoms with Gasteiger partial charge in [-0.25, -0.2) is 0 Å². The molecule has 0 aromatic rings. The number of halogens is 6. The minimum absolute atomic E-state index is 0.0965. The Hall–Kier alpha value is 1.93. The molecule has 0 unspecified atom stereocenters. The van der Waals surface area contributed by atoms with Gasteiger partial charge in [-0.1, -0.05) is 15.9 Å². The zero-order chi connectivity index (χ0) is 9.46. The first-order valence-electron chi connectivity index (χ1n) is 3.31. The van der Waals surface area contributed by atoms with E-state index in [1.807, 2.05) is 0 Å². The van der Waals surface area contributed by atoms with Crippen LogP contribution >= 0.6 is 73.9 Å². The molecule has 0 bridgehead atoms. The zero-order valence-corrected chi connectivity index (χ0v) is 11.1. The Bertz CT molecular complexity index is 107. The lowest BCUT2D eigenvalue weighted by Gasteiger charge is -2.38. The molecular weight excluding hydrogens is 329 g/mol. The summed E-state index contributed by atoms with van der Waals surface area (Å²) in [4.78, 5) is -0.0965. The number of rotatable bonds is 0. The number of hydrogen-bond acceptors (Lipinski definition) is 0. The first kappa shape index (κ1) is 12.0. The lowest BCUT2D eigenvalue weighted by molar-refractivity contribution is 0.555. The first-order valence-corrected chi connectivity index (χ1v) is 6.41. The number of hydrogen-bond donors (Lipinski definition) is 0. The van der Waals surface area contributed by atoms with E-state index in [4.69, 9.17) is 58.0 Å². The lowest BCUT2D eigenvalue weighted by atomic mass is 9.98. The highest BCUT2D eigenvalue weighted by atomic mass is 79.9. The maximum atomic E-state index is 5.97. The average molecular weight is 335 g/mol. The minimum Gasteiger partial charge on any atom is -0.120 e. The molecule has 72 valence electrons. The zero-order valence-electron chi connectivity index (χ0n) is 5.73. The third-order valence-corrected chi connectivity index (χ3v) is 6.80. The topological polar surface area (TPSA) is 0 Å². The molecule has 1 saturated carbocycles. The van der Waals surface area contributed by atoms with Gasteiger partial charge in [-0.3, -0.25) is 0 Å². The minimum atomic E-state index is -0.382. The van der Waals surface area contributed by atoms with Gasteiger partial charge in [0.05, 0.1) is 31.7 Å². The summed E-state index contributed by atoms with van der Waals surface area (Å²) in [5.74, 6) is 0. The molecule has 1 aliphatic rings. The van der Waals surface area contributed by atoms with Crippen LogP contribution in [0.2, 0.25) is 0 Å². The van der Waals surface area contributed by atoms with E-state index >= 15 is 0 Å². The summed E-state index contributed by atoms with van der Waals surface area (Å²) in [7, 11) is 0. The van der Waals surface area contributed by atoms with Crippen molar-refractivity contribution in [2.75, 3.05) is 0 Å². The Morgan fingerprint density at radius 1 is 0.583 bits per heavy atom. The lowest BCUT2D eigenvalue weighted by Crippen LogP contribution is -2.51. The van der Waals surface area contributed by atoms with Crippen LogP contribution in [0.1, 0.15) is 0 Å². The van der Waals surface area contributed by atoms with Gasteiger partial charge in [0.2, 0.25) is 0 Å². The molecule has 0 aromatic carbocycles. The Labute approximate surface area is 105 Å². The van der Waals surface area contributed by atoms with E-state index in [1.165, 1.54) is 0 Å². The molecule has 0 heterocycles. The smallest absolute Gasteiger partial charge is 0.0692 e. The molecule has 12 heavy (non-hydrogen) atoms. The van der Waals surface area contributed by atoms with Crippen LogP contribution in [0.4, 0.5) is 0 Å². The maximum absolute atomic E-state index is 5.97. The molecule has 4 atom stereocenters. The molecule has 1 aliphatic carbocycles. The molecule has 1 rings (SSSR count). The van der Waals surface area contributed by atoms with Crippen molar-refractivity contribution >= 4 is 73.9 Å². The van der Waals surface area contributed by atoms with Gasteiger partial charge in [0, 0.05) is 0 Å². The Morgan fingerprint density at radius 3 is 1.17 bits per heavy atom. The highest BCUT2D eigenvalue weighted by molar-refractivity contribution is 9.09. The summed E-state index contributed by atoms with van der Waals surface area (Å²) >= 11 is 33.1. The molecule has 0 aromatic heterocycles. The molecule has 0 radical (unpaired) electrons. The average Bonchev–Trinajstić information content (AvgIpc) is 2.08. The van der Waals surface area contributed by atoms with Gasteiger partial charge in [-0.15, -0.1) is 58.0 Å². The van der Waals surface area contributed by atoms with Crippen LogP contribution in [0, 0.1) is 0 Å². The highest BCUT2D eigenvalue weighted by Crippen LogP contribution is 2.40. The van der Waals surface area contributed by atoms with Crippen molar-refractivity contribution < 1.29 is 0 Å². The molecule has 0 spiro atoms. The van der Waals surface area contributed by atoms with Crippen molar-refractivity contribution in [2.24, 2.45) is 0 Å². The van der Waals surface area contributed by atoms with E-state index in [0.29, 0.717) is 0 Å². The van der Waals surface area contributed by atoms with Gasteiger partial charge in [-0.05, 0) is 0 Å². The Morgan fingerprint density at radius 2 is 0.833 bits per heavy atom. The van der Waals surface area contributed by atoms with Gasteiger partial charge < -0.3 is 0 Å². The van der Waals surface area contributed by atoms with Crippen LogP contribution in [0.5, 0.6) is 0 Å². The highest BCUT2D eigenvalue weighted by Gasteiger charge is 2.46. The summed E-state index contributed by atoms with van der Waals surface area (Å²) < 4.78 is 0. The second-order valence-corrected chi connectivity index (χ2v) is 6.24. The summed E-state index contributed by atoms with van der Waals surface area (Å²) in [6.07, 6.45) is 0. The first-order chi connectivity index (χ1) is 5.46. The van der Waals surface area contributed by atoms with Gasteiger partial charge in [-0.2, -0.15) is 0 Å². The van der Waals surface area contributed by atoms with Crippen LogP contribution in [-0.4, -0.2) is 31.7 Å². The van der Waals surface area contributed by atoms with Crippen molar-refractivity contribution in [3.63, 3.8) is 0 Å². The second kappa shape index (κ2) is 4.63. The quantitative estimate of drug-likeness (QED) is 0.591. The van der Waals surface area contributed by atoms with Crippen molar-refractivity contribution in [3.05, 3.63) is 0 Å². The predicted molar refractivity (Wildman–Crippen MR) is 60.9 cm³/mol.